The van der Waals surface area contributed by atoms with Gasteiger partial charge in [-0.3, -0.25) is 14.4 Å². The number of rotatable bonds is 20. The second-order valence-corrected chi connectivity index (χ2v) is 29.5. The molecule has 0 saturated heterocycles. The van der Waals surface area contributed by atoms with Crippen LogP contribution in [0.1, 0.15) is 129 Å². The molecule has 9 aromatic rings. The maximum Gasteiger partial charge on any atom is 0.326 e. The predicted octanol–water partition coefficient (Wildman–Crippen LogP) is 17.0. The second-order valence-electron chi connectivity index (χ2n) is 28.6. The summed E-state index contributed by atoms with van der Waals surface area (Å²) >= 11 is 1.68. The van der Waals surface area contributed by atoms with Gasteiger partial charge in [0, 0.05) is 47.3 Å². The lowest BCUT2D eigenvalue weighted by Crippen LogP contribution is -2.41. The van der Waals surface area contributed by atoms with Crippen LogP contribution < -0.4 is 4.90 Å². The number of ether oxygens (including phenoxy) is 3. The number of aromatic nitrogens is 6. The van der Waals surface area contributed by atoms with Crippen molar-refractivity contribution in [2.75, 3.05) is 25.3 Å². The molecule has 15 heteroatoms. The van der Waals surface area contributed by atoms with Gasteiger partial charge in [-0.05, 0) is 194 Å². The Morgan fingerprint density at radius 1 is 0.564 bits per heavy atom. The maximum atomic E-state index is 15.0. The molecule has 3 fully saturated rings. The van der Waals surface area contributed by atoms with Crippen molar-refractivity contribution < 1.29 is 28.6 Å². The van der Waals surface area contributed by atoms with Crippen molar-refractivity contribution in [1.29, 1.82) is 5.26 Å². The molecule has 490 valence electrons. The summed E-state index contributed by atoms with van der Waals surface area (Å²) in [6.45, 7) is 18.0. The molecule has 3 aliphatic rings. The van der Waals surface area contributed by atoms with Crippen molar-refractivity contribution in [2.24, 2.45) is 53.3 Å². The molecular formula is C79H92N8O6S. The Morgan fingerprint density at radius 3 is 1.76 bits per heavy atom. The molecule has 0 amide bonds. The van der Waals surface area contributed by atoms with E-state index in [1.54, 1.807) is 23.9 Å². The van der Waals surface area contributed by atoms with Crippen molar-refractivity contribution >= 4 is 68.5 Å². The topological polar surface area (TPSA) is 159 Å². The number of imidazole rings is 3. The minimum Gasteiger partial charge on any atom is -0.461 e. The number of carbonyl (C=O) groups is 3. The van der Waals surface area contributed by atoms with Crippen LogP contribution in [0.5, 0.6) is 0 Å². The van der Waals surface area contributed by atoms with Gasteiger partial charge in [-0.1, -0.05) is 123 Å². The van der Waals surface area contributed by atoms with E-state index in [-0.39, 0.29) is 91.4 Å². The van der Waals surface area contributed by atoms with Gasteiger partial charge in [-0.25, -0.2) is 15.0 Å². The number of thioether (sulfide) groups is 1. The monoisotopic (exact) mass is 1280 g/mol. The van der Waals surface area contributed by atoms with E-state index in [1.807, 2.05) is 59.6 Å². The number of hydrogen-bond donors (Lipinski definition) is 0. The van der Waals surface area contributed by atoms with Crippen molar-refractivity contribution in [3.8, 4) is 40.2 Å². The molecule has 14 nitrogen and oxygen atoms in total. The third-order valence-corrected chi connectivity index (χ3v) is 21.7. The van der Waals surface area contributed by atoms with Crippen LogP contribution in [0.4, 0.5) is 5.69 Å². The summed E-state index contributed by atoms with van der Waals surface area (Å²) in [5.41, 5.74) is 11.4. The normalized spacial score (nSPS) is 22.8. The molecule has 0 aliphatic heterocycles. The van der Waals surface area contributed by atoms with Gasteiger partial charge < -0.3 is 32.8 Å². The molecule has 3 heterocycles. The highest BCUT2D eigenvalue weighted by atomic mass is 32.2. The van der Waals surface area contributed by atoms with Crippen LogP contribution in [-0.2, 0) is 54.6 Å². The molecule has 0 N–H and O–H groups in total. The van der Waals surface area contributed by atoms with Crippen molar-refractivity contribution in [3.63, 3.8) is 0 Å². The van der Waals surface area contributed by atoms with Gasteiger partial charge in [0.05, 0.1) is 44.7 Å². The fourth-order valence-corrected chi connectivity index (χ4v) is 16.5. The molecule has 3 aromatic heterocycles. The van der Waals surface area contributed by atoms with Crippen LogP contribution in [0.15, 0.2) is 138 Å². The first-order valence-electron chi connectivity index (χ1n) is 34.3. The van der Waals surface area contributed by atoms with Gasteiger partial charge in [0.25, 0.3) is 0 Å². The van der Waals surface area contributed by atoms with E-state index in [4.69, 9.17) is 29.2 Å². The fraction of sp³-hybridized carbons (Fsp3) is 0.456. The first-order chi connectivity index (χ1) is 45.3. The van der Waals surface area contributed by atoms with E-state index >= 15 is 0 Å². The lowest BCUT2D eigenvalue weighted by molar-refractivity contribution is -0.158. The van der Waals surface area contributed by atoms with Crippen LogP contribution in [0, 0.1) is 64.6 Å². The molecule has 12 rings (SSSR count). The number of nitrogens with zero attached hydrogens (tertiary/aromatic N) is 8. The Kier molecular flexibility index (Phi) is 19.9. The van der Waals surface area contributed by atoms with Crippen molar-refractivity contribution in [3.05, 3.63) is 150 Å². The summed E-state index contributed by atoms with van der Waals surface area (Å²) in [7, 11) is 4.06. The fourth-order valence-electron chi connectivity index (χ4n) is 16.1. The summed E-state index contributed by atoms with van der Waals surface area (Å²) in [5.74, 6) is 3.51. The number of fused-ring (bicyclic) bond motifs is 3. The molecule has 94 heavy (non-hydrogen) atoms. The zero-order valence-corrected chi connectivity index (χ0v) is 57.4. The molecule has 0 radical (unpaired) electrons. The quantitative estimate of drug-likeness (QED) is 0.0404. The summed E-state index contributed by atoms with van der Waals surface area (Å²) < 4.78 is 25.9. The minimum absolute atomic E-state index is 0.00718. The average Bonchev–Trinajstić information content (AvgIpc) is 1.56. The van der Waals surface area contributed by atoms with Crippen LogP contribution >= 0.6 is 11.8 Å². The maximum absolute atomic E-state index is 15.0. The van der Waals surface area contributed by atoms with E-state index in [9.17, 15) is 19.6 Å². The highest BCUT2D eigenvalue weighted by Crippen LogP contribution is 2.48. The van der Waals surface area contributed by atoms with E-state index in [0.29, 0.717) is 40.9 Å². The van der Waals surface area contributed by atoms with Crippen molar-refractivity contribution in [1.82, 2.24) is 28.7 Å². The first kappa shape index (κ1) is 65.8. The number of carbonyl (C=O) groups excluding carboxylic acids is 3. The standard InChI is InChI=1S/C79H92N8O6S/c1-47(2)60-33-22-49(5)37-69(60)91-72(88)44-86-67-35-24-53(42-65(67)82-77(86)55-25-29-58(30-26-55)84(9)10)40-52(8)61-34-23-50(6)38-70(61)92-73(89)46-87-68-21-15-18-62(76(68)83-78(87)56-27-31-59(94-11)32-28-56)63-36-51(7)39-71(75(63)48(3)4)93-74(90)45-85-66-20-13-12-19-64(66)81-79(85)57-17-14-16-54(41-57)43-80/h12-21,24-32,35,41-42,47-52,60-61,63,69-71,75H,22-23,33-34,36-40,44-46H2,1-11H3/t49?,50?,51?,52?,60?,61-,63?,69+,70+,71+,75+/m0/s1. The smallest absolute Gasteiger partial charge is 0.326 e. The zero-order valence-electron chi connectivity index (χ0n) is 56.6. The summed E-state index contributed by atoms with van der Waals surface area (Å²) in [5, 5.41) is 9.76. The molecule has 0 bridgehead atoms. The van der Waals surface area contributed by atoms with Crippen LogP contribution in [0.25, 0.3) is 67.3 Å². The van der Waals surface area contributed by atoms with Gasteiger partial charge in [-0.15, -0.1) is 11.8 Å². The number of nitriles is 1. The SMILES string of the molecule is CSc1ccc(-c2nc3c(C4CC(C)C[C@@H](OC(=O)Cn5c(-c6cccc(C#N)c6)nc6ccccc65)[C@@H]4C(C)C)cccc3n2CC(=O)O[C@@H]2CC(C)CC[C@H]2C(C)Cc2ccc3c(c2)nc(-c2ccc(N(C)C)cc2)n3CC(=O)O[C@@H]2CC(C)CCC2C(C)C)cc1. The Morgan fingerprint density at radius 2 is 1.12 bits per heavy atom. The van der Waals surface area contributed by atoms with Crippen molar-refractivity contribution in [2.45, 2.75) is 162 Å². The first-order valence-corrected chi connectivity index (χ1v) is 35.5. The lowest BCUT2D eigenvalue weighted by atomic mass is 9.66. The highest BCUT2D eigenvalue weighted by Gasteiger charge is 2.43. The van der Waals surface area contributed by atoms with Gasteiger partial charge in [0.1, 0.15) is 55.4 Å². The molecule has 3 saturated carbocycles. The number of para-hydroxylation sites is 3. The Labute approximate surface area is 558 Å². The van der Waals surface area contributed by atoms with Gasteiger partial charge in [0.15, 0.2) is 0 Å². The van der Waals surface area contributed by atoms with Crippen LogP contribution in [0.2, 0.25) is 0 Å². The molecule has 6 unspecified atom stereocenters. The third-order valence-electron chi connectivity index (χ3n) is 20.9. The number of anilines is 1. The van der Waals surface area contributed by atoms with E-state index in [0.717, 1.165) is 135 Å². The third kappa shape index (κ3) is 14.1. The Balaban J connectivity index is 0.798. The summed E-state index contributed by atoms with van der Waals surface area (Å²) in [6, 6.07) is 46.9. The molecule has 0 spiro atoms. The minimum atomic E-state index is -0.373. The second kappa shape index (κ2) is 28.4. The Hall–Kier alpha value is -8.22. The van der Waals surface area contributed by atoms with E-state index in [2.05, 4.69) is 162 Å². The van der Waals surface area contributed by atoms with E-state index in [1.165, 1.54) is 0 Å². The lowest BCUT2D eigenvalue weighted by Gasteiger charge is -2.43. The number of benzene rings is 6. The summed E-state index contributed by atoms with van der Waals surface area (Å²) in [6.07, 6.45) is 9.60. The Bertz CT molecular complexity index is 4230. The molecular weight excluding hydrogens is 1190 g/mol. The van der Waals surface area contributed by atoms with Gasteiger partial charge >= 0.3 is 17.9 Å². The average molecular weight is 1280 g/mol. The highest BCUT2D eigenvalue weighted by molar-refractivity contribution is 7.98. The summed E-state index contributed by atoms with van der Waals surface area (Å²) in [4.78, 5) is 62.6. The molecule has 6 aromatic carbocycles. The predicted molar refractivity (Wildman–Crippen MR) is 376 cm³/mol. The molecule has 11 atom stereocenters. The zero-order chi connectivity index (χ0) is 66.1. The number of esters is 3. The van der Waals surface area contributed by atoms with Crippen LogP contribution in [-0.4, -0.2) is 85.2 Å². The largest absolute Gasteiger partial charge is 0.461 e. The van der Waals surface area contributed by atoms with Crippen LogP contribution in [0.3, 0.4) is 0 Å². The van der Waals surface area contributed by atoms with E-state index < -0.39 is 0 Å². The van der Waals surface area contributed by atoms with Gasteiger partial charge in [-0.2, -0.15) is 5.26 Å². The number of hydrogen-bond acceptors (Lipinski definition) is 12. The van der Waals surface area contributed by atoms with Gasteiger partial charge in [0.2, 0.25) is 0 Å². The molecule has 3 aliphatic carbocycles.